The summed E-state index contributed by atoms with van der Waals surface area (Å²) in [6.45, 7) is 4.14. The lowest BCUT2D eigenvalue weighted by Gasteiger charge is -2.16. The maximum absolute atomic E-state index is 6.31. The Bertz CT molecular complexity index is 557. The molecular formula is C15H15BrClN. The monoisotopic (exact) mass is 323 g/mol. The summed E-state index contributed by atoms with van der Waals surface area (Å²) in [5, 5.41) is 0.711. The molecule has 18 heavy (non-hydrogen) atoms. The first-order valence-electron chi connectivity index (χ1n) is 5.77. The lowest BCUT2D eigenvalue weighted by Crippen LogP contribution is -2.13. The highest BCUT2D eigenvalue weighted by Crippen LogP contribution is 2.30. The van der Waals surface area contributed by atoms with Crippen LogP contribution in [-0.4, -0.2) is 0 Å². The normalized spacial score (nSPS) is 12.5. The Morgan fingerprint density at radius 1 is 1.11 bits per heavy atom. The molecule has 2 rings (SSSR count). The van der Waals surface area contributed by atoms with E-state index in [9.17, 15) is 0 Å². The number of halogens is 2. The van der Waals surface area contributed by atoms with E-state index in [4.69, 9.17) is 17.3 Å². The third-order valence-electron chi connectivity index (χ3n) is 3.06. The molecule has 0 radical (unpaired) electrons. The minimum atomic E-state index is -0.191. The van der Waals surface area contributed by atoms with Crippen LogP contribution < -0.4 is 5.73 Å². The van der Waals surface area contributed by atoms with Gasteiger partial charge in [-0.1, -0.05) is 57.9 Å². The first-order valence-corrected chi connectivity index (χ1v) is 6.94. The van der Waals surface area contributed by atoms with E-state index in [2.05, 4.69) is 41.9 Å². The molecule has 1 unspecified atom stereocenters. The fraction of sp³-hybridized carbons (Fsp3) is 0.200. The number of nitrogens with two attached hydrogens (primary N) is 1. The van der Waals surface area contributed by atoms with E-state index in [0.29, 0.717) is 5.02 Å². The van der Waals surface area contributed by atoms with Crippen molar-refractivity contribution in [3.63, 3.8) is 0 Å². The molecule has 0 bridgehead atoms. The van der Waals surface area contributed by atoms with Crippen molar-refractivity contribution in [1.82, 2.24) is 0 Å². The summed E-state index contributed by atoms with van der Waals surface area (Å²) in [7, 11) is 0. The summed E-state index contributed by atoms with van der Waals surface area (Å²) >= 11 is 9.76. The molecule has 2 aromatic rings. The molecule has 3 heteroatoms. The summed E-state index contributed by atoms with van der Waals surface area (Å²) in [4.78, 5) is 0. The zero-order valence-electron chi connectivity index (χ0n) is 10.4. The van der Waals surface area contributed by atoms with Gasteiger partial charge in [0.05, 0.1) is 6.04 Å². The van der Waals surface area contributed by atoms with Gasteiger partial charge >= 0.3 is 0 Å². The van der Waals surface area contributed by atoms with Crippen LogP contribution in [0.3, 0.4) is 0 Å². The van der Waals surface area contributed by atoms with Crippen LogP contribution in [0.2, 0.25) is 5.02 Å². The third kappa shape index (κ3) is 2.61. The molecule has 0 aromatic heterocycles. The molecule has 2 N–H and O–H groups in total. The quantitative estimate of drug-likeness (QED) is 0.846. The van der Waals surface area contributed by atoms with Crippen LogP contribution in [0, 0.1) is 13.8 Å². The Morgan fingerprint density at radius 2 is 1.67 bits per heavy atom. The lowest BCUT2D eigenvalue weighted by molar-refractivity contribution is 0.867. The average Bonchev–Trinajstić information content (AvgIpc) is 2.35. The Morgan fingerprint density at radius 3 is 2.22 bits per heavy atom. The van der Waals surface area contributed by atoms with Crippen molar-refractivity contribution in [3.8, 4) is 0 Å². The maximum atomic E-state index is 6.31. The number of aryl methyl sites for hydroxylation is 2. The van der Waals surface area contributed by atoms with Crippen LogP contribution in [0.25, 0.3) is 0 Å². The lowest BCUT2D eigenvalue weighted by atomic mass is 9.96. The van der Waals surface area contributed by atoms with Crippen molar-refractivity contribution < 1.29 is 0 Å². The van der Waals surface area contributed by atoms with E-state index in [-0.39, 0.29) is 6.04 Å². The zero-order chi connectivity index (χ0) is 13.3. The molecule has 94 valence electrons. The Hall–Kier alpha value is -0.830. The fourth-order valence-electron chi connectivity index (χ4n) is 2.07. The van der Waals surface area contributed by atoms with Crippen LogP contribution in [-0.2, 0) is 0 Å². The summed E-state index contributed by atoms with van der Waals surface area (Å²) in [5.74, 6) is 0. The van der Waals surface area contributed by atoms with E-state index in [1.807, 2.05) is 24.3 Å². The summed E-state index contributed by atoms with van der Waals surface area (Å²) < 4.78 is 1.14. The minimum Gasteiger partial charge on any atom is -0.320 e. The van der Waals surface area contributed by atoms with E-state index in [1.165, 1.54) is 11.1 Å². The number of benzene rings is 2. The highest BCUT2D eigenvalue weighted by atomic mass is 79.9. The van der Waals surface area contributed by atoms with Crippen LogP contribution >= 0.6 is 27.5 Å². The van der Waals surface area contributed by atoms with Gasteiger partial charge in [-0.3, -0.25) is 0 Å². The molecule has 0 aliphatic carbocycles. The highest BCUT2D eigenvalue weighted by Gasteiger charge is 2.13. The van der Waals surface area contributed by atoms with Gasteiger partial charge < -0.3 is 5.73 Å². The molecule has 0 amide bonds. The summed E-state index contributed by atoms with van der Waals surface area (Å²) in [5.41, 5.74) is 10.7. The largest absolute Gasteiger partial charge is 0.320 e. The molecule has 1 atom stereocenters. The average molecular weight is 325 g/mol. The van der Waals surface area contributed by atoms with Gasteiger partial charge in [-0.15, -0.1) is 0 Å². The summed E-state index contributed by atoms with van der Waals surface area (Å²) in [6.07, 6.45) is 0. The van der Waals surface area contributed by atoms with Gasteiger partial charge in [0, 0.05) is 9.50 Å². The van der Waals surface area contributed by atoms with E-state index in [1.54, 1.807) is 0 Å². The van der Waals surface area contributed by atoms with Crippen LogP contribution in [0.5, 0.6) is 0 Å². The van der Waals surface area contributed by atoms with Crippen molar-refractivity contribution >= 4 is 27.5 Å². The second-order valence-electron chi connectivity index (χ2n) is 4.47. The Kier molecular flexibility index (Phi) is 4.10. The first-order chi connectivity index (χ1) is 8.50. The van der Waals surface area contributed by atoms with Gasteiger partial charge in [-0.05, 0) is 42.2 Å². The molecule has 0 saturated heterocycles. The maximum Gasteiger partial charge on any atom is 0.0566 e. The van der Waals surface area contributed by atoms with Gasteiger partial charge in [0.1, 0.15) is 0 Å². The van der Waals surface area contributed by atoms with Gasteiger partial charge in [0.15, 0.2) is 0 Å². The standard InChI is InChI=1S/C15H15BrClN/c1-9-7-11(8-10(2)14(9)16)15(18)12-5-3-4-6-13(12)17/h3-8,15H,18H2,1-2H3. The molecule has 0 aliphatic heterocycles. The van der Waals surface area contributed by atoms with Gasteiger partial charge in [0.2, 0.25) is 0 Å². The molecule has 1 nitrogen and oxygen atoms in total. The van der Waals surface area contributed by atoms with Crippen molar-refractivity contribution in [1.29, 1.82) is 0 Å². The van der Waals surface area contributed by atoms with Crippen LogP contribution in [0.1, 0.15) is 28.3 Å². The predicted octanol–water partition coefficient (Wildman–Crippen LogP) is 4.77. The topological polar surface area (TPSA) is 26.0 Å². The number of hydrogen-bond donors (Lipinski definition) is 1. The second-order valence-corrected chi connectivity index (χ2v) is 5.67. The third-order valence-corrected chi connectivity index (χ3v) is 4.65. The minimum absolute atomic E-state index is 0.191. The smallest absolute Gasteiger partial charge is 0.0566 e. The van der Waals surface area contributed by atoms with Crippen LogP contribution in [0.15, 0.2) is 40.9 Å². The zero-order valence-corrected chi connectivity index (χ0v) is 12.7. The molecule has 0 aliphatic rings. The van der Waals surface area contributed by atoms with Crippen molar-refractivity contribution in [2.24, 2.45) is 5.73 Å². The summed E-state index contributed by atoms with van der Waals surface area (Å²) in [6, 6.07) is 11.7. The number of rotatable bonds is 2. The van der Waals surface area contributed by atoms with E-state index in [0.717, 1.165) is 15.6 Å². The molecule has 0 fully saturated rings. The molecule has 0 saturated carbocycles. The molecule has 0 spiro atoms. The molecular weight excluding hydrogens is 310 g/mol. The molecule has 2 aromatic carbocycles. The highest BCUT2D eigenvalue weighted by molar-refractivity contribution is 9.10. The van der Waals surface area contributed by atoms with Crippen LogP contribution in [0.4, 0.5) is 0 Å². The van der Waals surface area contributed by atoms with Gasteiger partial charge in [-0.25, -0.2) is 0 Å². The van der Waals surface area contributed by atoms with E-state index >= 15 is 0 Å². The SMILES string of the molecule is Cc1cc(C(N)c2ccccc2Cl)cc(C)c1Br. The van der Waals surface area contributed by atoms with Crippen molar-refractivity contribution in [2.75, 3.05) is 0 Å². The van der Waals surface area contributed by atoms with Gasteiger partial charge in [-0.2, -0.15) is 0 Å². The Labute approximate surface area is 121 Å². The van der Waals surface area contributed by atoms with Crippen molar-refractivity contribution in [2.45, 2.75) is 19.9 Å². The first kappa shape index (κ1) is 13.6. The molecule has 0 heterocycles. The Balaban J connectivity index is 2.47. The van der Waals surface area contributed by atoms with Gasteiger partial charge in [0.25, 0.3) is 0 Å². The van der Waals surface area contributed by atoms with E-state index < -0.39 is 0 Å². The second kappa shape index (κ2) is 5.43. The predicted molar refractivity (Wildman–Crippen MR) is 81.1 cm³/mol. The fourth-order valence-corrected chi connectivity index (χ4v) is 2.55. The number of hydrogen-bond acceptors (Lipinski definition) is 1. The van der Waals surface area contributed by atoms with Crippen molar-refractivity contribution in [3.05, 3.63) is 68.1 Å².